The summed E-state index contributed by atoms with van der Waals surface area (Å²) in [6.45, 7) is 5.53. The minimum atomic E-state index is -0.808. The summed E-state index contributed by atoms with van der Waals surface area (Å²) in [5.41, 5.74) is 4.68. The Kier molecular flexibility index (Phi) is 3.78. The second kappa shape index (κ2) is 4.62. The highest BCUT2D eigenvalue weighted by molar-refractivity contribution is 5.82. The van der Waals surface area contributed by atoms with Crippen molar-refractivity contribution in [2.24, 2.45) is 5.73 Å². The molecule has 0 saturated carbocycles. The van der Waals surface area contributed by atoms with Crippen LogP contribution in [0.2, 0.25) is 0 Å². The van der Waals surface area contributed by atoms with Crippen molar-refractivity contribution in [3.63, 3.8) is 0 Å². The van der Waals surface area contributed by atoms with Crippen LogP contribution in [0.5, 0.6) is 0 Å². The summed E-state index contributed by atoms with van der Waals surface area (Å²) >= 11 is 0. The van der Waals surface area contributed by atoms with Gasteiger partial charge in [0.05, 0.1) is 6.54 Å². The van der Waals surface area contributed by atoms with E-state index in [1.807, 2.05) is 20.8 Å². The number of hydroxylamine groups is 3. The van der Waals surface area contributed by atoms with Gasteiger partial charge >= 0.3 is 0 Å². The van der Waals surface area contributed by atoms with Crippen molar-refractivity contribution in [1.29, 1.82) is 0 Å². The van der Waals surface area contributed by atoms with Crippen LogP contribution in [0.4, 0.5) is 0 Å². The Balaban J connectivity index is 2.75. The van der Waals surface area contributed by atoms with E-state index in [2.05, 4.69) is 5.32 Å². The lowest BCUT2D eigenvalue weighted by Crippen LogP contribution is -2.58. The molecule has 1 saturated heterocycles. The maximum absolute atomic E-state index is 12.3. The fraction of sp³-hybridized carbons (Fsp3) is 0.818. The number of nitrogens with one attached hydrogen (secondary N) is 1. The predicted molar refractivity (Wildman–Crippen MR) is 63.5 cm³/mol. The average Bonchev–Trinajstić information content (AvgIpc) is 2.41. The maximum atomic E-state index is 12.3. The number of hydrogen-bond acceptors (Lipinski definition) is 3. The highest BCUT2D eigenvalue weighted by atomic mass is 16.6. The molecule has 6 heteroatoms. The number of rotatable bonds is 3. The van der Waals surface area contributed by atoms with Gasteiger partial charge in [0, 0.05) is 18.4 Å². The topological polar surface area (TPSA) is 95.2 Å². The number of carbonyl (C=O) groups is 2. The lowest BCUT2D eigenvalue weighted by molar-refractivity contribution is -0.875. The van der Waals surface area contributed by atoms with Crippen molar-refractivity contribution in [2.75, 3.05) is 13.1 Å². The first-order chi connectivity index (χ1) is 7.64. The highest BCUT2D eigenvalue weighted by Gasteiger charge is 2.41. The van der Waals surface area contributed by atoms with Gasteiger partial charge in [0.2, 0.25) is 0 Å². The molecular formula is C11H21N3O3. The number of quaternary nitrogens is 1. The first-order valence-electron chi connectivity index (χ1n) is 5.82. The lowest BCUT2D eigenvalue weighted by atomic mass is 10.1. The Hall–Kier alpha value is -1.14. The van der Waals surface area contributed by atoms with E-state index < -0.39 is 16.6 Å². The molecule has 0 unspecified atom stereocenters. The van der Waals surface area contributed by atoms with Gasteiger partial charge in [0.15, 0.2) is 12.6 Å². The second-order valence-electron chi connectivity index (χ2n) is 5.70. The van der Waals surface area contributed by atoms with Crippen molar-refractivity contribution < 1.29 is 14.2 Å². The first-order valence-corrected chi connectivity index (χ1v) is 5.82. The molecule has 0 spiro atoms. The molecule has 0 aromatic rings. The summed E-state index contributed by atoms with van der Waals surface area (Å²) in [6, 6.07) is -0.707. The van der Waals surface area contributed by atoms with Crippen LogP contribution >= 0.6 is 0 Å². The van der Waals surface area contributed by atoms with E-state index in [0.29, 0.717) is 12.8 Å². The third kappa shape index (κ3) is 3.67. The van der Waals surface area contributed by atoms with Crippen LogP contribution in [0.1, 0.15) is 33.6 Å². The summed E-state index contributed by atoms with van der Waals surface area (Å²) in [4.78, 5) is 22.9. The standard InChI is InChI=1S/C11H21N3O3/c1-11(2,3)13-10(16)8-5-4-6-14(8,17)7-9(12)15/h8H,4-7H2,1-3H3,(H2,12,15)(H,13,16)/t8-,14+/m0/s1. The fourth-order valence-electron chi connectivity index (χ4n) is 2.19. The first kappa shape index (κ1) is 13.9. The summed E-state index contributed by atoms with van der Waals surface area (Å²) in [7, 11) is 0. The van der Waals surface area contributed by atoms with Crippen molar-refractivity contribution in [3.8, 4) is 0 Å². The normalized spacial score (nSPS) is 29.1. The molecule has 0 aromatic carbocycles. The molecule has 1 heterocycles. The van der Waals surface area contributed by atoms with Crippen LogP contribution in [0, 0.1) is 5.21 Å². The number of nitrogens with two attached hydrogens (primary N) is 1. The molecule has 1 aliphatic rings. The lowest BCUT2D eigenvalue weighted by Gasteiger charge is -2.42. The molecule has 3 N–H and O–H groups in total. The summed E-state index contributed by atoms with van der Waals surface area (Å²) < 4.78 is -0.808. The molecule has 1 fully saturated rings. The van der Waals surface area contributed by atoms with Crippen LogP contribution < -0.4 is 11.1 Å². The second-order valence-corrected chi connectivity index (χ2v) is 5.70. The molecule has 0 aromatic heterocycles. The van der Waals surface area contributed by atoms with E-state index in [-0.39, 0.29) is 24.5 Å². The largest absolute Gasteiger partial charge is 0.632 e. The minimum Gasteiger partial charge on any atom is -0.632 e. The zero-order chi connectivity index (χ0) is 13.3. The van der Waals surface area contributed by atoms with Crippen LogP contribution in [0.15, 0.2) is 0 Å². The van der Waals surface area contributed by atoms with E-state index in [4.69, 9.17) is 5.73 Å². The van der Waals surface area contributed by atoms with Crippen LogP contribution in [0.3, 0.4) is 0 Å². The molecular weight excluding hydrogens is 222 g/mol. The molecule has 2 amide bonds. The third-order valence-electron chi connectivity index (χ3n) is 2.81. The van der Waals surface area contributed by atoms with Crippen molar-refractivity contribution in [1.82, 2.24) is 5.32 Å². The molecule has 0 bridgehead atoms. The van der Waals surface area contributed by atoms with Gasteiger partial charge in [0.1, 0.15) is 0 Å². The maximum Gasteiger partial charge on any atom is 0.279 e. The van der Waals surface area contributed by atoms with E-state index in [1.54, 1.807) is 0 Å². The molecule has 6 nitrogen and oxygen atoms in total. The van der Waals surface area contributed by atoms with Gasteiger partial charge in [-0.2, -0.15) is 0 Å². The Morgan fingerprint density at radius 2 is 2.06 bits per heavy atom. The average molecular weight is 243 g/mol. The quantitative estimate of drug-likeness (QED) is 0.533. The van der Waals surface area contributed by atoms with Gasteiger partial charge < -0.3 is 20.9 Å². The van der Waals surface area contributed by atoms with Crippen molar-refractivity contribution in [3.05, 3.63) is 5.21 Å². The number of carbonyl (C=O) groups excluding carboxylic acids is 2. The Bertz CT molecular complexity index is 324. The smallest absolute Gasteiger partial charge is 0.279 e. The Morgan fingerprint density at radius 3 is 2.53 bits per heavy atom. The van der Waals surface area contributed by atoms with E-state index in [0.717, 1.165) is 0 Å². The monoisotopic (exact) mass is 243 g/mol. The Morgan fingerprint density at radius 1 is 1.47 bits per heavy atom. The zero-order valence-electron chi connectivity index (χ0n) is 10.7. The van der Waals surface area contributed by atoms with Gasteiger partial charge in [-0.05, 0) is 20.8 Å². The molecule has 1 rings (SSSR count). The van der Waals surface area contributed by atoms with Gasteiger partial charge in [-0.25, -0.2) is 0 Å². The summed E-state index contributed by atoms with van der Waals surface area (Å²) in [6.07, 6.45) is 1.16. The van der Waals surface area contributed by atoms with E-state index in [1.165, 1.54) is 0 Å². The zero-order valence-corrected chi connectivity index (χ0v) is 10.7. The highest BCUT2D eigenvalue weighted by Crippen LogP contribution is 2.26. The number of primary amides is 1. The molecule has 98 valence electrons. The molecule has 2 atom stereocenters. The minimum absolute atomic E-state index is 0.283. The summed E-state index contributed by atoms with van der Waals surface area (Å²) in [5.74, 6) is -0.943. The van der Waals surface area contributed by atoms with Crippen molar-refractivity contribution >= 4 is 11.8 Å². The van der Waals surface area contributed by atoms with Crippen LogP contribution in [0.25, 0.3) is 0 Å². The van der Waals surface area contributed by atoms with E-state index in [9.17, 15) is 14.8 Å². The number of amides is 2. The number of hydrogen-bond donors (Lipinski definition) is 2. The van der Waals surface area contributed by atoms with Gasteiger partial charge in [-0.1, -0.05) is 0 Å². The van der Waals surface area contributed by atoms with Crippen molar-refractivity contribution in [2.45, 2.75) is 45.2 Å². The number of likely N-dealkylation sites (tertiary alicyclic amines) is 1. The molecule has 1 aliphatic heterocycles. The Labute approximate surface area is 101 Å². The van der Waals surface area contributed by atoms with Gasteiger partial charge in [-0.3, -0.25) is 9.59 Å². The predicted octanol–water partition coefficient (Wildman–Crippen LogP) is -0.137. The number of nitrogens with zero attached hydrogens (tertiary/aromatic N) is 1. The molecule has 0 aliphatic carbocycles. The SMILES string of the molecule is CC(C)(C)NC(=O)[C@@H]1CCC[N@@+]1([O-])CC(N)=O. The van der Waals surface area contributed by atoms with E-state index >= 15 is 0 Å². The van der Waals surface area contributed by atoms with Gasteiger partial charge in [-0.15, -0.1) is 0 Å². The van der Waals surface area contributed by atoms with Crippen LogP contribution in [-0.4, -0.2) is 41.1 Å². The summed E-state index contributed by atoms with van der Waals surface area (Å²) in [5, 5.41) is 15.1. The molecule has 0 radical (unpaired) electrons. The fourth-order valence-corrected chi connectivity index (χ4v) is 2.19. The van der Waals surface area contributed by atoms with Gasteiger partial charge in [0.25, 0.3) is 11.8 Å². The molecule has 17 heavy (non-hydrogen) atoms. The third-order valence-corrected chi connectivity index (χ3v) is 2.81. The van der Waals surface area contributed by atoms with Crippen LogP contribution in [-0.2, 0) is 9.59 Å².